The number of methoxy groups -OCH3 is 1. The number of aromatic nitrogens is 1. The highest BCUT2D eigenvalue weighted by molar-refractivity contribution is 6.10. The highest BCUT2D eigenvalue weighted by Gasteiger charge is 2.44. The molecule has 2 aromatic heterocycles. The molecule has 7 heteroatoms. The molecular weight excluding hydrogens is 432 g/mol. The Morgan fingerprint density at radius 2 is 1.71 bits per heavy atom. The number of fused-ring (bicyclic) bond motifs is 2. The largest absolute Gasteiger partial charge is 0.465 e. The van der Waals surface area contributed by atoms with Crippen LogP contribution in [0.15, 0.2) is 63.8 Å². The maximum atomic E-state index is 13.7. The Bertz CT molecular complexity index is 1540. The number of hydrogen-bond donors (Lipinski definition) is 0. The van der Waals surface area contributed by atoms with Gasteiger partial charge in [0.1, 0.15) is 11.4 Å². The summed E-state index contributed by atoms with van der Waals surface area (Å²) in [6.45, 7) is 5.69. The second-order valence-electron chi connectivity index (χ2n) is 8.44. The van der Waals surface area contributed by atoms with E-state index in [2.05, 4.69) is 4.98 Å². The number of aryl methyl sites for hydroxylation is 3. The Morgan fingerprint density at radius 1 is 1.00 bits per heavy atom. The lowest BCUT2D eigenvalue weighted by atomic mass is 9.96. The summed E-state index contributed by atoms with van der Waals surface area (Å²) in [5, 5.41) is 0.421. The van der Waals surface area contributed by atoms with Crippen LogP contribution >= 0.6 is 0 Å². The normalized spacial score (nSPS) is 15.0. The molecule has 0 aliphatic carbocycles. The Labute approximate surface area is 195 Å². The van der Waals surface area contributed by atoms with Crippen LogP contribution in [0.25, 0.3) is 11.0 Å². The summed E-state index contributed by atoms with van der Waals surface area (Å²) in [6.07, 6.45) is 0. The number of nitrogens with zero attached hydrogens (tertiary/aromatic N) is 2. The van der Waals surface area contributed by atoms with Crippen LogP contribution in [-0.4, -0.2) is 24.0 Å². The summed E-state index contributed by atoms with van der Waals surface area (Å²) in [5.74, 6) is -0.490. The summed E-state index contributed by atoms with van der Waals surface area (Å²) < 4.78 is 10.8. The maximum absolute atomic E-state index is 13.7. The summed E-state index contributed by atoms with van der Waals surface area (Å²) in [7, 11) is 1.31. The first kappa shape index (κ1) is 21.6. The predicted molar refractivity (Wildman–Crippen MR) is 127 cm³/mol. The molecule has 1 aliphatic rings. The minimum absolute atomic E-state index is 0.00565. The number of anilines is 1. The van der Waals surface area contributed by atoms with Gasteiger partial charge in [-0.2, -0.15) is 0 Å². The number of ether oxygens (including phenoxy) is 1. The molecule has 7 nitrogen and oxygen atoms in total. The number of rotatable bonds is 3. The van der Waals surface area contributed by atoms with E-state index in [1.165, 1.54) is 12.0 Å². The third-order valence-corrected chi connectivity index (χ3v) is 6.25. The zero-order valence-electron chi connectivity index (χ0n) is 19.2. The van der Waals surface area contributed by atoms with Crippen molar-refractivity contribution in [2.24, 2.45) is 0 Å². The van der Waals surface area contributed by atoms with Gasteiger partial charge in [0.2, 0.25) is 5.76 Å². The van der Waals surface area contributed by atoms with E-state index in [0.717, 1.165) is 16.8 Å². The smallest absolute Gasteiger partial charge is 0.337 e. The predicted octanol–water partition coefficient (Wildman–Crippen LogP) is 4.65. The average Bonchev–Trinajstić information content (AvgIpc) is 3.12. The van der Waals surface area contributed by atoms with Crippen molar-refractivity contribution in [3.8, 4) is 0 Å². The van der Waals surface area contributed by atoms with Crippen LogP contribution in [0.3, 0.4) is 0 Å². The molecule has 34 heavy (non-hydrogen) atoms. The molecule has 0 bridgehead atoms. The van der Waals surface area contributed by atoms with Gasteiger partial charge in [-0.05, 0) is 73.9 Å². The summed E-state index contributed by atoms with van der Waals surface area (Å²) in [6, 6.07) is 14.8. The van der Waals surface area contributed by atoms with E-state index in [9.17, 15) is 14.4 Å². The number of carbonyl (C=O) groups is 2. The van der Waals surface area contributed by atoms with Gasteiger partial charge >= 0.3 is 5.97 Å². The first-order valence-electron chi connectivity index (χ1n) is 10.8. The highest BCUT2D eigenvalue weighted by atomic mass is 16.5. The van der Waals surface area contributed by atoms with E-state index in [1.807, 2.05) is 32.9 Å². The van der Waals surface area contributed by atoms with Crippen LogP contribution in [0.2, 0.25) is 0 Å². The molecule has 5 rings (SSSR count). The monoisotopic (exact) mass is 454 g/mol. The molecule has 0 saturated carbocycles. The van der Waals surface area contributed by atoms with Crippen molar-refractivity contribution >= 4 is 28.7 Å². The lowest BCUT2D eigenvalue weighted by molar-refractivity contribution is 0.0600. The molecule has 1 amide bonds. The molecule has 1 aliphatic heterocycles. The first-order valence-corrected chi connectivity index (χ1v) is 10.8. The lowest BCUT2D eigenvalue weighted by Gasteiger charge is -2.24. The van der Waals surface area contributed by atoms with Crippen molar-refractivity contribution in [1.29, 1.82) is 0 Å². The number of amides is 1. The molecular formula is C27H22N2O5. The number of esters is 1. The molecule has 2 aromatic carbocycles. The van der Waals surface area contributed by atoms with E-state index in [1.54, 1.807) is 42.5 Å². The molecule has 1 unspecified atom stereocenters. The molecule has 4 aromatic rings. The van der Waals surface area contributed by atoms with E-state index in [-0.39, 0.29) is 16.8 Å². The topological polar surface area (TPSA) is 89.7 Å². The van der Waals surface area contributed by atoms with Crippen LogP contribution in [0, 0.1) is 20.8 Å². The van der Waals surface area contributed by atoms with Gasteiger partial charge in [0.05, 0.1) is 29.7 Å². The Hall–Kier alpha value is -4.26. The molecule has 3 heterocycles. The minimum atomic E-state index is -0.759. The maximum Gasteiger partial charge on any atom is 0.337 e. The van der Waals surface area contributed by atoms with Crippen LogP contribution in [0.1, 0.15) is 54.9 Å². The van der Waals surface area contributed by atoms with Crippen LogP contribution in [-0.2, 0) is 4.74 Å². The standard InChI is InChI=1S/C27H22N2O5/c1-14-12-19-20(13-15(14)2)34-25-22(24(19)30)23(17-8-10-18(11-9-17)27(32)33-4)29(26(25)31)21-7-5-6-16(3)28-21/h5-13,23H,1-4H3. The zero-order chi connectivity index (χ0) is 24.1. The SMILES string of the molecule is COC(=O)c1ccc(C2c3c(oc4cc(C)c(C)cc4c3=O)C(=O)N2c2cccc(C)n2)cc1. The molecule has 170 valence electrons. The number of carbonyl (C=O) groups excluding carboxylic acids is 2. The molecule has 1 atom stereocenters. The zero-order valence-corrected chi connectivity index (χ0v) is 19.2. The fourth-order valence-corrected chi connectivity index (χ4v) is 4.36. The second-order valence-corrected chi connectivity index (χ2v) is 8.44. The van der Waals surface area contributed by atoms with Crippen LogP contribution in [0.4, 0.5) is 5.82 Å². The van der Waals surface area contributed by atoms with Gasteiger partial charge in [-0.15, -0.1) is 0 Å². The van der Waals surface area contributed by atoms with E-state index in [4.69, 9.17) is 9.15 Å². The number of benzene rings is 2. The average molecular weight is 454 g/mol. The fourth-order valence-electron chi connectivity index (χ4n) is 4.36. The van der Waals surface area contributed by atoms with Crippen molar-refractivity contribution in [1.82, 2.24) is 4.98 Å². The van der Waals surface area contributed by atoms with Crippen LogP contribution < -0.4 is 10.3 Å². The Balaban J connectivity index is 1.78. The molecule has 0 spiro atoms. The van der Waals surface area contributed by atoms with Crippen molar-refractivity contribution in [3.05, 3.63) is 104 Å². The van der Waals surface area contributed by atoms with Gasteiger partial charge < -0.3 is 9.15 Å². The van der Waals surface area contributed by atoms with E-state index >= 15 is 0 Å². The summed E-state index contributed by atoms with van der Waals surface area (Å²) in [4.78, 5) is 45.3. The third-order valence-electron chi connectivity index (χ3n) is 6.25. The van der Waals surface area contributed by atoms with Gasteiger partial charge in [0.15, 0.2) is 5.43 Å². The third kappa shape index (κ3) is 3.28. The fraction of sp³-hybridized carbons (Fsp3) is 0.185. The van der Waals surface area contributed by atoms with Crippen molar-refractivity contribution in [2.75, 3.05) is 12.0 Å². The first-order chi connectivity index (χ1) is 16.3. The highest BCUT2D eigenvalue weighted by Crippen LogP contribution is 2.40. The Morgan fingerprint density at radius 3 is 2.38 bits per heavy atom. The van der Waals surface area contributed by atoms with Crippen molar-refractivity contribution < 1.29 is 18.7 Å². The molecule has 0 saturated heterocycles. The van der Waals surface area contributed by atoms with Gasteiger partial charge in [-0.3, -0.25) is 14.5 Å². The number of hydrogen-bond acceptors (Lipinski definition) is 6. The van der Waals surface area contributed by atoms with Gasteiger partial charge in [0, 0.05) is 5.69 Å². The van der Waals surface area contributed by atoms with Crippen LogP contribution in [0.5, 0.6) is 0 Å². The minimum Gasteiger partial charge on any atom is -0.465 e. The molecule has 0 N–H and O–H groups in total. The van der Waals surface area contributed by atoms with Crippen molar-refractivity contribution in [2.45, 2.75) is 26.8 Å². The molecule has 0 radical (unpaired) electrons. The summed E-state index contributed by atoms with van der Waals surface area (Å²) >= 11 is 0. The summed E-state index contributed by atoms with van der Waals surface area (Å²) in [5.41, 5.74) is 4.05. The van der Waals surface area contributed by atoms with Gasteiger partial charge in [0.25, 0.3) is 5.91 Å². The van der Waals surface area contributed by atoms with E-state index in [0.29, 0.717) is 27.9 Å². The second kappa shape index (κ2) is 7.95. The number of pyridine rings is 1. The van der Waals surface area contributed by atoms with Crippen molar-refractivity contribution in [3.63, 3.8) is 0 Å². The Kier molecular flexibility index (Phi) is 5.05. The quantitative estimate of drug-likeness (QED) is 0.419. The molecule has 0 fully saturated rings. The van der Waals surface area contributed by atoms with Gasteiger partial charge in [-0.25, -0.2) is 9.78 Å². The van der Waals surface area contributed by atoms with Gasteiger partial charge in [-0.1, -0.05) is 18.2 Å². The van der Waals surface area contributed by atoms with E-state index < -0.39 is 17.9 Å². The lowest BCUT2D eigenvalue weighted by Crippen LogP contribution is -2.30.